The Kier molecular flexibility index (Phi) is 7.60. The molecule has 0 aliphatic carbocycles. The van der Waals surface area contributed by atoms with Gasteiger partial charge in [0.2, 0.25) is 0 Å². The van der Waals surface area contributed by atoms with Gasteiger partial charge in [-0.3, -0.25) is 19.2 Å². The van der Waals surface area contributed by atoms with Crippen LogP contribution in [0.4, 0.5) is 5.69 Å². The summed E-state index contributed by atoms with van der Waals surface area (Å²) in [5.74, 6) is -0.733. The molecule has 10 nitrogen and oxygen atoms in total. The molecule has 4 rings (SSSR count). The highest BCUT2D eigenvalue weighted by atomic mass is 28.4. The van der Waals surface area contributed by atoms with Crippen molar-refractivity contribution in [2.45, 2.75) is 46.3 Å². The Hall–Kier alpha value is -3.12. The van der Waals surface area contributed by atoms with E-state index in [1.807, 2.05) is 26.8 Å². The van der Waals surface area contributed by atoms with E-state index in [1.165, 1.54) is 4.90 Å². The lowest BCUT2D eigenvalue weighted by Gasteiger charge is -2.28. The lowest BCUT2D eigenvalue weighted by atomic mass is 9.93. The maximum Gasteiger partial charge on any atom is 0.500 e. The summed E-state index contributed by atoms with van der Waals surface area (Å²) in [5, 5.41) is 9.68. The highest BCUT2D eigenvalue weighted by molar-refractivity contribution is 6.60. The van der Waals surface area contributed by atoms with Gasteiger partial charge in [-0.1, -0.05) is 17.3 Å². The number of imide groups is 1. The van der Waals surface area contributed by atoms with Gasteiger partial charge in [0.15, 0.2) is 0 Å². The summed E-state index contributed by atoms with van der Waals surface area (Å²) >= 11 is 0. The summed E-state index contributed by atoms with van der Waals surface area (Å²) in [4.78, 5) is 27.6. The summed E-state index contributed by atoms with van der Waals surface area (Å²) in [7, 11) is -2.72. The third kappa shape index (κ3) is 4.98. The third-order valence-electron chi connectivity index (χ3n) is 5.89. The van der Waals surface area contributed by atoms with Crippen LogP contribution in [0.3, 0.4) is 0 Å². The van der Waals surface area contributed by atoms with Crippen molar-refractivity contribution in [1.82, 2.24) is 19.9 Å². The zero-order chi connectivity index (χ0) is 25.0. The van der Waals surface area contributed by atoms with E-state index in [9.17, 15) is 9.59 Å². The Labute approximate surface area is 205 Å². The normalized spacial score (nSPS) is 13.7. The first kappa shape index (κ1) is 25.0. The molecule has 3 aromatic rings. The van der Waals surface area contributed by atoms with Crippen LogP contribution < -0.4 is 5.73 Å². The number of rotatable bonds is 12. The van der Waals surface area contributed by atoms with Crippen LogP contribution in [0, 0.1) is 0 Å². The monoisotopic (exact) mass is 497 g/mol. The number of nitrogen functional groups attached to an aromatic ring is 1. The molecule has 2 aromatic carbocycles. The number of nitrogens with two attached hydrogens (primary N) is 1. The van der Waals surface area contributed by atoms with Gasteiger partial charge in [-0.15, -0.1) is 5.10 Å². The number of benzene rings is 2. The van der Waals surface area contributed by atoms with Gasteiger partial charge in [0.1, 0.15) is 5.69 Å². The minimum atomic E-state index is -2.72. The number of nitrogens with zero attached hydrogens (tertiary/aromatic N) is 4. The van der Waals surface area contributed by atoms with Gasteiger partial charge < -0.3 is 19.0 Å². The molecule has 0 atom stereocenters. The van der Waals surface area contributed by atoms with E-state index in [0.29, 0.717) is 65.7 Å². The molecular formula is C24H31N5O5Si. The fraction of sp³-hybridized carbons (Fsp3) is 0.417. The van der Waals surface area contributed by atoms with Gasteiger partial charge in [0.05, 0.1) is 12.7 Å². The number of anilines is 1. The number of carbonyl (C=O) groups is 2. The minimum Gasteiger partial charge on any atom is -0.398 e. The Morgan fingerprint density at radius 3 is 2.26 bits per heavy atom. The maximum atomic E-state index is 13.2. The number of aromatic nitrogens is 3. The van der Waals surface area contributed by atoms with Gasteiger partial charge in [-0.05, 0) is 45.4 Å². The molecule has 11 heteroatoms. The average Bonchev–Trinajstić information content (AvgIpc) is 3.29. The van der Waals surface area contributed by atoms with Crippen LogP contribution in [0.2, 0.25) is 6.04 Å². The van der Waals surface area contributed by atoms with E-state index in [4.69, 9.17) is 19.0 Å². The highest BCUT2D eigenvalue weighted by Crippen LogP contribution is 2.33. The van der Waals surface area contributed by atoms with Crippen LogP contribution in [-0.4, -0.2) is 60.3 Å². The quantitative estimate of drug-likeness (QED) is 0.230. The van der Waals surface area contributed by atoms with Crippen molar-refractivity contribution in [3.63, 3.8) is 0 Å². The van der Waals surface area contributed by atoms with E-state index < -0.39 is 8.80 Å². The lowest BCUT2D eigenvalue weighted by Crippen LogP contribution is -2.46. The van der Waals surface area contributed by atoms with Crippen molar-refractivity contribution in [1.29, 1.82) is 0 Å². The molecule has 2 amide bonds. The van der Waals surface area contributed by atoms with Crippen molar-refractivity contribution in [2.75, 3.05) is 25.6 Å². The molecule has 0 bridgehead atoms. The number of aryl methyl sites for hydroxylation is 1. The van der Waals surface area contributed by atoms with Crippen LogP contribution in [0.25, 0.3) is 10.8 Å². The maximum absolute atomic E-state index is 13.2. The molecule has 0 fully saturated rings. The average molecular weight is 498 g/mol. The largest absolute Gasteiger partial charge is 0.500 e. The molecular weight excluding hydrogens is 466 g/mol. The molecule has 0 saturated heterocycles. The number of hydrogen-bond donors (Lipinski definition) is 1. The molecule has 2 heterocycles. The summed E-state index contributed by atoms with van der Waals surface area (Å²) in [6.07, 6.45) is 2.48. The predicted molar refractivity (Wildman–Crippen MR) is 133 cm³/mol. The summed E-state index contributed by atoms with van der Waals surface area (Å²) < 4.78 is 19.4. The topological polar surface area (TPSA) is 122 Å². The molecule has 0 unspecified atom stereocenters. The van der Waals surface area contributed by atoms with Crippen molar-refractivity contribution in [2.24, 2.45) is 0 Å². The van der Waals surface area contributed by atoms with E-state index in [-0.39, 0.29) is 18.4 Å². The number of amides is 2. The van der Waals surface area contributed by atoms with Gasteiger partial charge in [-0.25, -0.2) is 0 Å². The summed E-state index contributed by atoms with van der Waals surface area (Å²) in [6.45, 7) is 8.00. The Morgan fingerprint density at radius 2 is 1.60 bits per heavy atom. The van der Waals surface area contributed by atoms with Crippen LogP contribution >= 0.6 is 0 Å². The van der Waals surface area contributed by atoms with Crippen LogP contribution in [0.15, 0.2) is 36.5 Å². The zero-order valence-electron chi connectivity index (χ0n) is 20.3. The SMILES string of the molecule is CCO[Si](CCCn1cc(CN2C(=O)c3cccc4c(N)ccc(c34)C2=O)nn1)(OCC)OCC. The first-order valence-corrected chi connectivity index (χ1v) is 13.8. The molecule has 186 valence electrons. The molecule has 2 N–H and O–H groups in total. The second-order valence-corrected chi connectivity index (χ2v) is 10.9. The second kappa shape index (κ2) is 10.6. The molecule has 0 saturated carbocycles. The van der Waals surface area contributed by atoms with E-state index in [0.717, 1.165) is 6.42 Å². The van der Waals surface area contributed by atoms with Crippen LogP contribution in [-0.2, 0) is 26.4 Å². The standard InChI is InChI=1S/C24H31N5O5Si/c1-4-32-35(33-5-2,34-6-3)14-8-13-28-15-17(26-27-28)16-29-23(30)19-10-7-9-18-21(25)12-11-20(22(18)19)24(29)31/h7,9-12,15H,4-6,8,13-14,16,25H2,1-3H3. The third-order valence-corrected chi connectivity index (χ3v) is 9.05. The van der Waals surface area contributed by atoms with Crippen molar-refractivity contribution >= 4 is 37.1 Å². The fourth-order valence-electron chi connectivity index (χ4n) is 4.45. The van der Waals surface area contributed by atoms with Gasteiger partial charge >= 0.3 is 8.80 Å². The zero-order valence-corrected chi connectivity index (χ0v) is 21.3. The Balaban J connectivity index is 1.45. The van der Waals surface area contributed by atoms with E-state index in [1.54, 1.807) is 35.1 Å². The smallest absolute Gasteiger partial charge is 0.398 e. The summed E-state index contributed by atoms with van der Waals surface area (Å²) in [5.41, 5.74) is 8.05. The van der Waals surface area contributed by atoms with Crippen LogP contribution in [0.5, 0.6) is 0 Å². The van der Waals surface area contributed by atoms with Gasteiger partial charge in [-0.2, -0.15) is 0 Å². The molecule has 1 aromatic heterocycles. The lowest BCUT2D eigenvalue weighted by molar-refractivity contribution is 0.0595. The number of hydrogen-bond acceptors (Lipinski definition) is 8. The molecule has 35 heavy (non-hydrogen) atoms. The first-order chi connectivity index (χ1) is 16.9. The Bertz CT molecular complexity index is 1190. The van der Waals surface area contributed by atoms with Crippen LogP contribution in [0.1, 0.15) is 53.6 Å². The first-order valence-electron chi connectivity index (χ1n) is 11.9. The number of carbonyl (C=O) groups excluding carboxylic acids is 2. The highest BCUT2D eigenvalue weighted by Gasteiger charge is 2.39. The molecule has 1 aliphatic rings. The van der Waals surface area contributed by atoms with Gasteiger partial charge in [0.25, 0.3) is 11.8 Å². The Morgan fingerprint density at radius 1 is 0.943 bits per heavy atom. The van der Waals surface area contributed by atoms with E-state index >= 15 is 0 Å². The fourth-order valence-corrected chi connectivity index (χ4v) is 7.05. The van der Waals surface area contributed by atoms with Crippen molar-refractivity contribution < 1.29 is 22.9 Å². The molecule has 0 radical (unpaired) electrons. The summed E-state index contributed by atoms with van der Waals surface area (Å²) in [6, 6.07) is 9.33. The van der Waals surface area contributed by atoms with Gasteiger partial charge in [0, 0.05) is 60.0 Å². The van der Waals surface area contributed by atoms with E-state index in [2.05, 4.69) is 10.3 Å². The second-order valence-electron chi connectivity index (χ2n) is 8.19. The predicted octanol–water partition coefficient (Wildman–Crippen LogP) is 3.25. The van der Waals surface area contributed by atoms with Crippen molar-refractivity contribution in [3.05, 3.63) is 53.3 Å². The minimum absolute atomic E-state index is 0.0351. The molecule has 0 spiro atoms. The molecule has 1 aliphatic heterocycles. The van der Waals surface area contributed by atoms with Crippen molar-refractivity contribution in [3.8, 4) is 0 Å².